The van der Waals surface area contributed by atoms with Gasteiger partial charge >= 0.3 is 0 Å². The molecular weight excluding hydrogens is 242 g/mol. The molecule has 3 nitrogen and oxygen atoms in total. The highest BCUT2D eigenvalue weighted by molar-refractivity contribution is 9.10. The molecule has 0 aliphatic heterocycles. The third-order valence-electron chi connectivity index (χ3n) is 2.17. The normalized spacial score (nSPS) is 11.2. The Balaban J connectivity index is 2.51. The number of aromatic nitrogens is 3. The van der Waals surface area contributed by atoms with Gasteiger partial charge in [0.1, 0.15) is 0 Å². The highest BCUT2D eigenvalue weighted by Crippen LogP contribution is 2.16. The molecule has 0 fully saturated rings. The minimum Gasteiger partial charge on any atom is -0.219 e. The second-order valence-electron chi connectivity index (χ2n) is 3.09. The van der Waals surface area contributed by atoms with E-state index < -0.39 is 0 Å². The number of nitrogens with zero attached hydrogens (tertiary/aromatic N) is 3. The summed E-state index contributed by atoms with van der Waals surface area (Å²) in [5, 5.41) is 6.53. The Bertz CT molecular complexity index is 562. The Morgan fingerprint density at radius 1 is 1.14 bits per heavy atom. The number of pyridine rings is 1. The highest BCUT2D eigenvalue weighted by atomic mass is 79.9. The van der Waals surface area contributed by atoms with E-state index in [9.17, 15) is 0 Å². The summed E-state index contributed by atoms with van der Waals surface area (Å²) in [6, 6.07) is 10.2. The average Bonchev–Trinajstić information content (AvgIpc) is 2.53. The summed E-state index contributed by atoms with van der Waals surface area (Å²) in [5.41, 5.74) is 0.857. The molecule has 2 aromatic heterocycles. The summed E-state index contributed by atoms with van der Waals surface area (Å²) in [7, 11) is 0. The maximum absolute atomic E-state index is 4.23. The third kappa shape index (κ3) is 1.11. The molecule has 0 spiro atoms. The van der Waals surface area contributed by atoms with Crippen molar-refractivity contribution in [2.24, 2.45) is 0 Å². The SMILES string of the molecule is Brc1nc2cc3ccccc3cn2n1. The van der Waals surface area contributed by atoms with Gasteiger partial charge in [-0.15, -0.1) is 5.10 Å². The molecule has 14 heavy (non-hydrogen) atoms. The lowest BCUT2D eigenvalue weighted by Gasteiger charge is -1.96. The molecule has 0 unspecified atom stereocenters. The molecule has 0 amide bonds. The summed E-state index contributed by atoms with van der Waals surface area (Å²) < 4.78 is 2.39. The van der Waals surface area contributed by atoms with E-state index in [0.717, 1.165) is 11.0 Å². The number of fused-ring (bicyclic) bond motifs is 2. The first kappa shape index (κ1) is 7.94. The van der Waals surface area contributed by atoms with Gasteiger partial charge < -0.3 is 0 Å². The second-order valence-corrected chi connectivity index (χ2v) is 3.80. The van der Waals surface area contributed by atoms with Crippen molar-refractivity contribution in [3.05, 3.63) is 41.3 Å². The largest absolute Gasteiger partial charge is 0.219 e. The Morgan fingerprint density at radius 2 is 1.93 bits per heavy atom. The fraction of sp³-hybridized carbons (Fsp3) is 0. The van der Waals surface area contributed by atoms with Gasteiger partial charge in [0, 0.05) is 11.6 Å². The van der Waals surface area contributed by atoms with Crippen LogP contribution in [0.15, 0.2) is 41.3 Å². The van der Waals surface area contributed by atoms with E-state index in [1.807, 2.05) is 24.4 Å². The van der Waals surface area contributed by atoms with Gasteiger partial charge in [-0.3, -0.25) is 0 Å². The van der Waals surface area contributed by atoms with Crippen LogP contribution in [0.3, 0.4) is 0 Å². The predicted octanol–water partition coefficient (Wildman–Crippen LogP) is 2.65. The van der Waals surface area contributed by atoms with Crippen molar-refractivity contribution < 1.29 is 0 Å². The Kier molecular flexibility index (Phi) is 1.58. The lowest BCUT2D eigenvalue weighted by molar-refractivity contribution is 0.953. The molecule has 0 aliphatic carbocycles. The van der Waals surface area contributed by atoms with Crippen LogP contribution in [0.2, 0.25) is 0 Å². The number of rotatable bonds is 0. The van der Waals surface area contributed by atoms with E-state index in [2.05, 4.69) is 38.1 Å². The van der Waals surface area contributed by atoms with Gasteiger partial charge in [-0.25, -0.2) is 9.50 Å². The molecule has 0 saturated carbocycles. The standard InChI is InChI=1S/C10H6BrN3/c11-10-12-9-5-7-3-1-2-4-8(7)6-14(9)13-10/h1-6H. The topological polar surface area (TPSA) is 30.2 Å². The second kappa shape index (κ2) is 2.78. The summed E-state index contributed by atoms with van der Waals surface area (Å²) >= 11 is 3.25. The summed E-state index contributed by atoms with van der Waals surface area (Å²) in [6.45, 7) is 0. The quantitative estimate of drug-likeness (QED) is 0.612. The van der Waals surface area contributed by atoms with Crippen molar-refractivity contribution in [3.8, 4) is 0 Å². The Morgan fingerprint density at radius 3 is 2.79 bits per heavy atom. The van der Waals surface area contributed by atoms with E-state index in [4.69, 9.17) is 0 Å². The first-order chi connectivity index (χ1) is 6.83. The van der Waals surface area contributed by atoms with Crippen molar-refractivity contribution in [1.29, 1.82) is 0 Å². The van der Waals surface area contributed by atoms with Crippen LogP contribution in [0.1, 0.15) is 0 Å². The minimum absolute atomic E-state index is 0.618. The van der Waals surface area contributed by atoms with E-state index in [-0.39, 0.29) is 0 Å². The molecule has 68 valence electrons. The van der Waals surface area contributed by atoms with Crippen LogP contribution < -0.4 is 0 Å². The van der Waals surface area contributed by atoms with Crippen molar-refractivity contribution in [2.45, 2.75) is 0 Å². The molecule has 3 rings (SSSR count). The summed E-state index contributed by atoms with van der Waals surface area (Å²) in [4.78, 5) is 4.23. The Hall–Kier alpha value is -1.42. The number of halogens is 1. The molecule has 2 heterocycles. The molecule has 4 heteroatoms. The van der Waals surface area contributed by atoms with Crippen LogP contribution in [0.5, 0.6) is 0 Å². The number of hydrogen-bond donors (Lipinski definition) is 0. The molecule has 1 aromatic carbocycles. The van der Waals surface area contributed by atoms with Crippen LogP contribution >= 0.6 is 15.9 Å². The third-order valence-corrected chi connectivity index (χ3v) is 2.51. The maximum atomic E-state index is 4.23. The van der Waals surface area contributed by atoms with Gasteiger partial charge in [-0.2, -0.15) is 0 Å². The van der Waals surface area contributed by atoms with E-state index in [1.165, 1.54) is 5.39 Å². The van der Waals surface area contributed by atoms with Crippen molar-refractivity contribution in [2.75, 3.05) is 0 Å². The monoisotopic (exact) mass is 247 g/mol. The molecule has 3 aromatic rings. The van der Waals surface area contributed by atoms with E-state index in [0.29, 0.717) is 4.73 Å². The molecule has 0 atom stereocenters. The molecule has 0 aliphatic rings. The van der Waals surface area contributed by atoms with Crippen LogP contribution in [0, 0.1) is 0 Å². The van der Waals surface area contributed by atoms with Gasteiger partial charge in [0.15, 0.2) is 5.65 Å². The lowest BCUT2D eigenvalue weighted by atomic mass is 10.2. The van der Waals surface area contributed by atoms with Gasteiger partial charge in [0.25, 0.3) is 0 Å². The van der Waals surface area contributed by atoms with Crippen molar-refractivity contribution in [3.63, 3.8) is 0 Å². The van der Waals surface area contributed by atoms with Crippen molar-refractivity contribution in [1.82, 2.24) is 14.6 Å². The van der Waals surface area contributed by atoms with Crippen LogP contribution in [-0.2, 0) is 0 Å². The van der Waals surface area contributed by atoms with Crippen molar-refractivity contribution >= 4 is 32.3 Å². The lowest BCUT2D eigenvalue weighted by Crippen LogP contribution is -1.86. The van der Waals surface area contributed by atoms with Gasteiger partial charge in [-0.1, -0.05) is 24.3 Å². The number of benzene rings is 1. The summed E-state index contributed by atoms with van der Waals surface area (Å²) in [6.07, 6.45) is 1.97. The highest BCUT2D eigenvalue weighted by Gasteiger charge is 2.01. The first-order valence-electron chi connectivity index (χ1n) is 4.23. The minimum atomic E-state index is 0.618. The summed E-state index contributed by atoms with van der Waals surface area (Å²) in [5.74, 6) is 0. The zero-order valence-corrected chi connectivity index (χ0v) is 8.77. The van der Waals surface area contributed by atoms with Gasteiger partial charge in [-0.05, 0) is 27.4 Å². The first-order valence-corrected chi connectivity index (χ1v) is 5.03. The van der Waals surface area contributed by atoms with Crippen LogP contribution in [0.4, 0.5) is 0 Å². The van der Waals surface area contributed by atoms with E-state index >= 15 is 0 Å². The fourth-order valence-corrected chi connectivity index (χ4v) is 1.88. The molecule has 0 radical (unpaired) electrons. The molecular formula is C10H6BrN3. The van der Waals surface area contributed by atoms with Gasteiger partial charge in [0.05, 0.1) is 0 Å². The van der Waals surface area contributed by atoms with Gasteiger partial charge in [0.2, 0.25) is 4.73 Å². The fourth-order valence-electron chi connectivity index (χ4n) is 1.53. The molecule has 0 N–H and O–H groups in total. The predicted molar refractivity (Wildman–Crippen MR) is 58.2 cm³/mol. The molecule has 0 saturated heterocycles. The van der Waals surface area contributed by atoms with E-state index in [1.54, 1.807) is 4.52 Å². The average molecular weight is 248 g/mol. The smallest absolute Gasteiger partial charge is 0.218 e. The number of hydrogen-bond acceptors (Lipinski definition) is 2. The zero-order chi connectivity index (χ0) is 9.54. The Labute approximate surface area is 88.5 Å². The zero-order valence-electron chi connectivity index (χ0n) is 7.18. The maximum Gasteiger partial charge on any atom is 0.218 e. The van der Waals surface area contributed by atoms with Crippen LogP contribution in [0.25, 0.3) is 16.4 Å². The molecule has 0 bridgehead atoms. The van der Waals surface area contributed by atoms with Crippen LogP contribution in [-0.4, -0.2) is 14.6 Å².